The number of carbonyl (C=O) groups excluding carboxylic acids is 1. The van der Waals surface area contributed by atoms with Crippen LogP contribution in [0.2, 0.25) is 0 Å². The van der Waals surface area contributed by atoms with Crippen molar-refractivity contribution in [1.29, 1.82) is 0 Å². The molecule has 0 aromatic carbocycles. The van der Waals surface area contributed by atoms with E-state index in [0.29, 0.717) is 18.2 Å². The molecule has 4 rings (SSSR count). The second-order valence-electron chi connectivity index (χ2n) is 9.86. The average molecular weight is 507 g/mol. The molecular formula is C26H36F2N4O2S. The van der Waals surface area contributed by atoms with Gasteiger partial charge in [-0.15, -0.1) is 11.3 Å². The molecule has 6 nitrogen and oxygen atoms in total. The highest BCUT2D eigenvalue weighted by Crippen LogP contribution is 2.28. The number of carbonyl (C=O) groups is 1. The van der Waals surface area contributed by atoms with Crippen molar-refractivity contribution < 1.29 is 18.3 Å². The molecule has 35 heavy (non-hydrogen) atoms. The smallest absolute Gasteiger partial charge is 0.272 e. The number of thiazole rings is 1. The van der Waals surface area contributed by atoms with E-state index >= 15 is 0 Å². The van der Waals surface area contributed by atoms with Crippen molar-refractivity contribution in [3.8, 4) is 5.88 Å². The third-order valence-electron chi connectivity index (χ3n) is 7.11. The Balaban J connectivity index is 1.17. The Morgan fingerprint density at radius 2 is 2.00 bits per heavy atom. The molecule has 1 fully saturated rings. The Hall–Kier alpha value is -2.13. The molecule has 0 unspecified atom stereocenters. The number of halogens is 2. The minimum absolute atomic E-state index is 0.104. The van der Waals surface area contributed by atoms with Gasteiger partial charge in [-0.3, -0.25) is 4.79 Å². The van der Waals surface area contributed by atoms with E-state index in [-0.39, 0.29) is 11.9 Å². The lowest BCUT2D eigenvalue weighted by Crippen LogP contribution is -2.38. The third kappa shape index (κ3) is 7.67. The lowest BCUT2D eigenvalue weighted by Gasteiger charge is -2.30. The van der Waals surface area contributed by atoms with Gasteiger partial charge in [0.05, 0.1) is 11.4 Å². The summed E-state index contributed by atoms with van der Waals surface area (Å²) in [5, 5.41) is 4.21. The van der Waals surface area contributed by atoms with Gasteiger partial charge in [-0.05, 0) is 76.5 Å². The van der Waals surface area contributed by atoms with Crippen molar-refractivity contribution in [2.75, 3.05) is 26.2 Å². The molecule has 9 heteroatoms. The Labute approximate surface area is 210 Å². The molecule has 1 N–H and O–H groups in total. The predicted molar refractivity (Wildman–Crippen MR) is 133 cm³/mol. The highest BCUT2D eigenvalue weighted by atomic mass is 32.1. The highest BCUT2D eigenvalue weighted by Gasteiger charge is 2.24. The van der Waals surface area contributed by atoms with E-state index in [2.05, 4.69) is 26.3 Å². The van der Waals surface area contributed by atoms with E-state index in [9.17, 15) is 13.6 Å². The third-order valence-corrected chi connectivity index (χ3v) is 8.03. The second-order valence-corrected chi connectivity index (χ2v) is 11.2. The summed E-state index contributed by atoms with van der Waals surface area (Å²) in [5.41, 5.74) is 3.01. The summed E-state index contributed by atoms with van der Waals surface area (Å²) >= 11 is 1.59. The number of hydrogen-bond acceptors (Lipinski definition) is 6. The number of rotatable bonds is 9. The van der Waals surface area contributed by atoms with Crippen LogP contribution < -0.4 is 10.1 Å². The zero-order valence-electron chi connectivity index (χ0n) is 20.7. The van der Waals surface area contributed by atoms with Crippen LogP contribution in [0.4, 0.5) is 8.78 Å². The summed E-state index contributed by atoms with van der Waals surface area (Å²) in [6.07, 6.45) is 7.06. The molecule has 2 aromatic rings. The molecule has 1 aliphatic carbocycles. The Morgan fingerprint density at radius 1 is 1.23 bits per heavy atom. The minimum Gasteiger partial charge on any atom is -0.471 e. The van der Waals surface area contributed by atoms with Crippen LogP contribution in [0.5, 0.6) is 5.88 Å². The van der Waals surface area contributed by atoms with Crippen LogP contribution in [0.3, 0.4) is 0 Å². The average Bonchev–Trinajstić information content (AvgIpc) is 3.12. The van der Waals surface area contributed by atoms with Crippen molar-refractivity contribution >= 4 is 17.2 Å². The molecular weight excluding hydrogens is 470 g/mol. The molecule has 1 aliphatic heterocycles. The van der Waals surface area contributed by atoms with Crippen molar-refractivity contribution in [3.05, 3.63) is 39.0 Å². The van der Waals surface area contributed by atoms with Crippen LogP contribution in [-0.4, -0.2) is 59.5 Å². The molecule has 0 bridgehead atoms. The predicted octanol–water partition coefficient (Wildman–Crippen LogP) is 4.51. The Kier molecular flexibility index (Phi) is 9.05. The molecule has 0 radical (unpaired) electrons. The largest absolute Gasteiger partial charge is 0.471 e. The number of fused-ring (bicyclic) bond motifs is 1. The number of ether oxygens (including phenoxy) is 1. The van der Waals surface area contributed by atoms with Crippen LogP contribution >= 0.6 is 11.3 Å². The van der Waals surface area contributed by atoms with Gasteiger partial charge in [0.1, 0.15) is 0 Å². The fourth-order valence-electron chi connectivity index (χ4n) is 5.17. The monoisotopic (exact) mass is 506 g/mol. The van der Waals surface area contributed by atoms with Crippen LogP contribution in [-0.2, 0) is 24.1 Å². The highest BCUT2D eigenvalue weighted by molar-refractivity contribution is 7.11. The molecule has 2 aromatic heterocycles. The van der Waals surface area contributed by atoms with E-state index in [1.165, 1.54) is 12.0 Å². The number of aromatic nitrogens is 2. The molecule has 0 atom stereocenters. The van der Waals surface area contributed by atoms with E-state index in [1.807, 2.05) is 13.8 Å². The molecule has 0 spiro atoms. The zero-order valence-corrected chi connectivity index (χ0v) is 21.5. The maximum atomic E-state index is 12.5. The van der Waals surface area contributed by atoms with Crippen LogP contribution in [0.15, 0.2) is 12.3 Å². The van der Waals surface area contributed by atoms with Gasteiger partial charge < -0.3 is 15.0 Å². The number of aryl methyl sites for hydroxylation is 2. The molecule has 2 aliphatic rings. The van der Waals surface area contributed by atoms with Crippen molar-refractivity contribution in [3.63, 3.8) is 0 Å². The number of nitrogens with zero attached hydrogens (tertiary/aromatic N) is 3. The fourth-order valence-corrected chi connectivity index (χ4v) is 5.97. The van der Waals surface area contributed by atoms with Crippen LogP contribution in [0, 0.1) is 19.8 Å². The number of alkyl halides is 2. The second kappa shape index (κ2) is 12.2. The topological polar surface area (TPSA) is 67.4 Å². The SMILES string of the molecule is Cc1ncc(CC(=O)NC2CCC(CCN3CCc4cc(C)c(OCC(F)F)nc4CC3)CC2)s1. The quantitative estimate of drug-likeness (QED) is 0.542. The number of amides is 1. The van der Waals surface area contributed by atoms with Gasteiger partial charge >= 0.3 is 0 Å². The maximum absolute atomic E-state index is 12.5. The first-order valence-corrected chi connectivity index (χ1v) is 13.5. The number of hydrogen-bond donors (Lipinski definition) is 1. The molecule has 1 saturated carbocycles. The van der Waals surface area contributed by atoms with E-state index < -0.39 is 13.0 Å². The number of pyridine rings is 1. The fraction of sp³-hybridized carbons (Fsp3) is 0.654. The summed E-state index contributed by atoms with van der Waals surface area (Å²) < 4.78 is 30.3. The molecule has 0 saturated heterocycles. The van der Waals surface area contributed by atoms with Gasteiger partial charge in [0.15, 0.2) is 6.61 Å². The lowest BCUT2D eigenvalue weighted by atomic mass is 9.84. The Morgan fingerprint density at radius 3 is 2.71 bits per heavy atom. The van der Waals surface area contributed by atoms with E-state index in [4.69, 9.17) is 4.74 Å². The van der Waals surface area contributed by atoms with Crippen molar-refractivity contribution in [2.24, 2.45) is 5.92 Å². The zero-order chi connectivity index (χ0) is 24.8. The van der Waals surface area contributed by atoms with E-state index in [0.717, 1.165) is 79.3 Å². The first kappa shape index (κ1) is 25.9. The maximum Gasteiger partial charge on any atom is 0.272 e. The first-order chi connectivity index (χ1) is 16.9. The molecule has 3 heterocycles. The summed E-state index contributed by atoms with van der Waals surface area (Å²) in [4.78, 5) is 24.7. The van der Waals surface area contributed by atoms with Gasteiger partial charge in [-0.2, -0.15) is 0 Å². The first-order valence-electron chi connectivity index (χ1n) is 12.7. The minimum atomic E-state index is -2.50. The standard InChI is InChI=1S/C26H36F2N4O2S/c1-17-13-20-8-11-32(12-9-23(20)31-26(17)34-16-24(27)28)10-7-19-3-5-21(6-4-19)30-25(33)14-22-15-29-18(2)35-22/h13,15,19,21,24H,3-12,14,16H2,1-2H3,(H,30,33). The molecule has 1 amide bonds. The van der Waals surface area contributed by atoms with Crippen molar-refractivity contribution in [1.82, 2.24) is 20.2 Å². The van der Waals surface area contributed by atoms with E-state index in [1.54, 1.807) is 17.5 Å². The Bertz CT molecular complexity index is 992. The van der Waals surface area contributed by atoms with Gasteiger partial charge in [0.2, 0.25) is 11.8 Å². The summed E-state index contributed by atoms with van der Waals surface area (Å²) in [6, 6.07) is 2.34. The number of nitrogens with one attached hydrogen (secondary N) is 1. The van der Waals surface area contributed by atoms with Gasteiger partial charge in [0, 0.05) is 47.9 Å². The van der Waals surface area contributed by atoms with Crippen LogP contribution in [0.1, 0.15) is 58.8 Å². The van der Waals surface area contributed by atoms with Crippen molar-refractivity contribution in [2.45, 2.75) is 77.7 Å². The molecule has 192 valence electrons. The van der Waals surface area contributed by atoms with Gasteiger partial charge in [0.25, 0.3) is 6.43 Å². The summed E-state index contributed by atoms with van der Waals surface area (Å²) in [6.45, 7) is 6.20. The lowest BCUT2D eigenvalue weighted by molar-refractivity contribution is -0.121. The summed E-state index contributed by atoms with van der Waals surface area (Å²) in [7, 11) is 0. The van der Waals surface area contributed by atoms with Gasteiger partial charge in [-0.25, -0.2) is 18.7 Å². The van der Waals surface area contributed by atoms with Crippen LogP contribution in [0.25, 0.3) is 0 Å². The normalized spacial score (nSPS) is 20.9. The summed E-state index contributed by atoms with van der Waals surface area (Å²) in [5.74, 6) is 1.14. The van der Waals surface area contributed by atoms with Gasteiger partial charge in [-0.1, -0.05) is 0 Å².